The molecule has 0 rings (SSSR count). The van der Waals surface area contributed by atoms with Crippen LogP contribution in [0.15, 0.2) is 49.8 Å². The zero-order valence-electron chi connectivity index (χ0n) is 45.3. The normalized spacial score (nSPS) is 11.9. The molecule has 444 valence electrons. The van der Waals surface area contributed by atoms with E-state index in [2.05, 4.69) is 80.7 Å². The van der Waals surface area contributed by atoms with Crippen LogP contribution in [-0.4, -0.2) is 218 Å². The maximum Gasteiger partial charge on any atom is 0.327 e. The van der Waals surface area contributed by atoms with Gasteiger partial charge in [-0.1, -0.05) is 54.5 Å². The number of hydrogen-bond acceptors (Lipinski definition) is 16. The van der Waals surface area contributed by atoms with Crippen molar-refractivity contribution >= 4 is 65.4 Å². The van der Waals surface area contributed by atoms with E-state index in [0.717, 1.165) is 35.0 Å². The number of rotatable bonds is 36. The van der Waals surface area contributed by atoms with E-state index in [1.54, 1.807) is 27.7 Å². The maximum atomic E-state index is 12.6. The summed E-state index contributed by atoms with van der Waals surface area (Å²) in [6.07, 6.45) is 4.07. The van der Waals surface area contributed by atoms with Crippen molar-refractivity contribution in [1.29, 1.82) is 0 Å². The summed E-state index contributed by atoms with van der Waals surface area (Å²) >= 11 is 0. The first-order valence-electron chi connectivity index (χ1n) is 23.7. The largest absolute Gasteiger partial charge is 0.512 e. The minimum absolute atomic E-state index is 0. The molecule has 0 bridgehead atoms. The summed E-state index contributed by atoms with van der Waals surface area (Å²) in [5.41, 5.74) is 9.17. The van der Waals surface area contributed by atoms with E-state index in [1.807, 2.05) is 0 Å². The Balaban J connectivity index is -0.000000254. The molecule has 14 N–H and O–H groups in total. The second-order valence-electron chi connectivity index (χ2n) is 18.2. The zero-order valence-corrected chi connectivity index (χ0v) is 45.3. The minimum Gasteiger partial charge on any atom is -0.512 e. The number of carbonyl (C=O) groups is 11. The number of hydrogen-bond donors (Lipinski definition) is 12. The van der Waals surface area contributed by atoms with Crippen molar-refractivity contribution in [2.24, 2.45) is 28.7 Å². The predicted octanol–water partition coefficient (Wildman–Crippen LogP) is 1.64. The number of carboxylic acid groups (broad SMARTS) is 7. The van der Waals surface area contributed by atoms with Crippen LogP contribution >= 0.6 is 0 Å². The molecule has 0 aromatic rings. The van der Waals surface area contributed by atoms with Crippen LogP contribution in [-0.2, 0) is 52.7 Å². The molecule has 4 unspecified atom stereocenters. The first-order chi connectivity index (χ1) is 34.9. The molecule has 0 spiro atoms. The molecule has 0 aliphatic carbocycles. The van der Waals surface area contributed by atoms with Crippen LogP contribution in [0.3, 0.4) is 0 Å². The molecule has 4 amide bonds. The average Bonchev–Trinajstić information content (AvgIpc) is 3.28. The molecule has 0 aliphatic heterocycles. The van der Waals surface area contributed by atoms with Crippen LogP contribution in [0.25, 0.3) is 0 Å². The summed E-state index contributed by atoms with van der Waals surface area (Å²) in [4.78, 5) is 128. The number of carboxylic acids is 7. The van der Waals surface area contributed by atoms with Gasteiger partial charge in [0.25, 0.3) is 0 Å². The van der Waals surface area contributed by atoms with Crippen molar-refractivity contribution in [1.82, 2.24) is 30.2 Å². The van der Waals surface area contributed by atoms with E-state index in [0.29, 0.717) is 37.8 Å². The lowest BCUT2D eigenvalue weighted by Gasteiger charge is -2.28. The number of aliphatic hydroxyl groups excluding tert-OH is 1. The second-order valence-corrected chi connectivity index (χ2v) is 18.2. The Bertz CT molecular complexity index is 1850. The van der Waals surface area contributed by atoms with E-state index in [4.69, 9.17) is 26.2 Å². The lowest BCUT2D eigenvalue weighted by Crippen LogP contribution is -2.46. The van der Waals surface area contributed by atoms with Crippen molar-refractivity contribution < 1.29 is 93.6 Å². The zero-order chi connectivity index (χ0) is 60.5. The number of aliphatic carboxylic acids is 7. The van der Waals surface area contributed by atoms with Crippen molar-refractivity contribution in [2.45, 2.75) is 105 Å². The van der Waals surface area contributed by atoms with Crippen LogP contribution in [0, 0.1) is 17.3 Å². The number of nitrogens with one attached hydrogen (secondary N) is 2. The molecule has 4 atom stereocenters. The third kappa shape index (κ3) is 49.4. The molecule has 27 nitrogen and oxygen atoms in total. The Morgan fingerprint density at radius 3 is 1.22 bits per heavy atom. The fourth-order valence-corrected chi connectivity index (χ4v) is 6.16. The van der Waals surface area contributed by atoms with Crippen LogP contribution in [0.4, 0.5) is 0 Å². The molecule has 0 saturated heterocycles. The topological polar surface area (TPSA) is 439 Å². The van der Waals surface area contributed by atoms with Gasteiger partial charge in [-0.3, -0.25) is 57.7 Å². The number of primary amides is 2. The van der Waals surface area contributed by atoms with Gasteiger partial charge in [0, 0.05) is 49.2 Å². The summed E-state index contributed by atoms with van der Waals surface area (Å²) in [5, 5.41) is 77.0. The van der Waals surface area contributed by atoms with Crippen LogP contribution in [0.1, 0.15) is 92.9 Å². The number of unbranched alkanes of at least 4 members (excludes halogenated alkanes) is 2. The lowest BCUT2D eigenvalue weighted by molar-refractivity contribution is -0.151. The molecule has 0 heterocycles. The number of likely N-dealkylation sites (N-methyl/N-ethyl adjacent to an activating group) is 2. The highest BCUT2D eigenvalue weighted by molar-refractivity contribution is 5.92. The van der Waals surface area contributed by atoms with Gasteiger partial charge < -0.3 is 72.8 Å². The molecule has 0 radical (unpaired) electrons. The van der Waals surface area contributed by atoms with Gasteiger partial charge in [0.15, 0.2) is 0 Å². The number of carbonyl (C=O) groups excluding carboxylic acids is 4. The molecule has 0 fully saturated rings. The van der Waals surface area contributed by atoms with E-state index in [-0.39, 0.29) is 64.3 Å². The summed E-state index contributed by atoms with van der Waals surface area (Å²) in [6, 6.07) is -2.37. The molecule has 0 aromatic carbocycles. The number of aliphatic hydroxyl groups is 1. The van der Waals surface area contributed by atoms with Gasteiger partial charge in [0.1, 0.15) is 12.1 Å². The van der Waals surface area contributed by atoms with Gasteiger partial charge in [0.2, 0.25) is 23.6 Å². The van der Waals surface area contributed by atoms with Gasteiger partial charge in [0.05, 0.1) is 37.9 Å². The minimum atomic E-state index is -1.35. The first kappa shape index (κ1) is 81.1. The summed E-state index contributed by atoms with van der Waals surface area (Å²) < 4.78 is 0. The standard InChI is InChI=1S/C22H37N3O10.C15H24N2O6.C6H16N2.C3H5NO.C3H4O2.CH4/c1-4-13(18(23)30)9-14(19(31)32)10-22(2,3)21(35)24-8-6-5-7-15(20(33)34)25(11-16(26)27)12-17(28)29;1-10(2)14(21)16-7-5-4-6-12(15(22)23)17(8-11(3)18)9-13(19)20;1-7(2)5-6-8(3)4;2*1-2-3(4)5;/h13-15H,4-12H2,1-3H3,(H2,23,30)(H,24,35)(H,26,27)(H,28,29)(H,31,32)(H,33,34);12,18H,1,3-9H2,2H3,(H,16,21)(H,19,20)(H,22,23);5-6H2,1-4H3;2H,1H2,(H2,4,5);2H,1H2,(H,4,5);1H4. The summed E-state index contributed by atoms with van der Waals surface area (Å²) in [7, 11) is 8.35. The molecule has 27 heteroatoms. The van der Waals surface area contributed by atoms with Gasteiger partial charge in [-0.15, -0.1) is 0 Å². The summed E-state index contributed by atoms with van der Waals surface area (Å²) in [6.45, 7) is 19.9. The highest BCUT2D eigenvalue weighted by atomic mass is 16.4. The molecular weight excluding hydrogens is 1020 g/mol. The van der Waals surface area contributed by atoms with Gasteiger partial charge >= 0.3 is 41.8 Å². The Morgan fingerprint density at radius 2 is 0.961 bits per heavy atom. The Kier molecular flexibility index (Phi) is 48.6. The molecule has 0 aromatic heterocycles. The molecule has 0 saturated carbocycles. The van der Waals surface area contributed by atoms with E-state index in [9.17, 15) is 73.2 Å². The lowest BCUT2D eigenvalue weighted by atomic mass is 9.78. The van der Waals surface area contributed by atoms with Gasteiger partial charge in [-0.2, -0.15) is 0 Å². The van der Waals surface area contributed by atoms with E-state index in [1.165, 1.54) is 0 Å². The Morgan fingerprint density at radius 1 is 0.597 bits per heavy atom. The molecule has 0 aliphatic rings. The molecular formula is C50H90N8O19. The maximum absolute atomic E-state index is 12.6. The number of nitrogens with two attached hydrogens (primary N) is 2. The van der Waals surface area contributed by atoms with E-state index >= 15 is 0 Å². The number of nitrogens with zero attached hydrogens (tertiary/aromatic N) is 4. The van der Waals surface area contributed by atoms with Gasteiger partial charge in [-0.05, 0) is 99.0 Å². The highest BCUT2D eigenvalue weighted by Crippen LogP contribution is 2.30. The monoisotopic (exact) mass is 1110 g/mol. The SMILES string of the molecule is C.C=C(O)CN(CC(=O)O)C(CCCCNC(=O)C(=C)C)C(=O)O.C=CC(=O)O.C=CC(N)=O.CCC(CC(CC(C)(C)C(=O)NCCCCC(C(=O)O)N(CC(=O)O)CC(=O)O)C(=O)O)C(N)=O.CN(C)CCN(C)C. The van der Waals surface area contributed by atoms with Crippen molar-refractivity contribution in [2.75, 3.05) is 80.5 Å². The third-order valence-corrected chi connectivity index (χ3v) is 10.2. The Hall–Kier alpha value is -7.23. The fraction of sp³-hybridized carbons (Fsp3) is 0.620. The fourth-order valence-electron chi connectivity index (χ4n) is 6.16. The predicted molar refractivity (Wildman–Crippen MR) is 287 cm³/mol. The van der Waals surface area contributed by atoms with Crippen LogP contribution in [0.2, 0.25) is 0 Å². The highest BCUT2D eigenvalue weighted by Gasteiger charge is 2.36. The number of amides is 4. The molecule has 77 heavy (non-hydrogen) atoms. The van der Waals surface area contributed by atoms with Crippen molar-refractivity contribution in [3.63, 3.8) is 0 Å². The average molecular weight is 1110 g/mol. The first-order valence-corrected chi connectivity index (χ1v) is 23.7. The van der Waals surface area contributed by atoms with Crippen LogP contribution in [0.5, 0.6) is 0 Å². The van der Waals surface area contributed by atoms with E-state index < -0.39 is 108 Å². The van der Waals surface area contributed by atoms with Crippen molar-refractivity contribution in [3.05, 3.63) is 49.8 Å². The van der Waals surface area contributed by atoms with Crippen molar-refractivity contribution in [3.8, 4) is 0 Å². The quantitative estimate of drug-likeness (QED) is 0.0241. The Labute approximate surface area is 452 Å². The second kappa shape index (κ2) is 46.1. The summed E-state index contributed by atoms with van der Waals surface area (Å²) in [5.74, 6) is -12.1. The third-order valence-electron chi connectivity index (χ3n) is 10.2. The van der Waals surface area contributed by atoms with Gasteiger partial charge in [-0.25, -0.2) is 4.79 Å². The van der Waals surface area contributed by atoms with Crippen LogP contribution < -0.4 is 22.1 Å². The smallest absolute Gasteiger partial charge is 0.327 e.